The topological polar surface area (TPSA) is 72.3 Å². The zero-order chi connectivity index (χ0) is 12.9. The molecule has 0 aromatic rings. The van der Waals surface area contributed by atoms with Crippen molar-refractivity contribution in [2.45, 2.75) is 70.4 Å². The van der Waals surface area contributed by atoms with E-state index in [2.05, 4.69) is 6.92 Å². The second-order valence-electron chi connectivity index (χ2n) is 4.77. The van der Waals surface area contributed by atoms with Crippen molar-refractivity contribution >= 4 is 0 Å². The van der Waals surface area contributed by atoms with E-state index in [1.807, 2.05) is 12.2 Å². The van der Waals surface area contributed by atoms with E-state index in [9.17, 15) is 5.11 Å². The summed E-state index contributed by atoms with van der Waals surface area (Å²) in [6.45, 7) is 2.74. The maximum atomic E-state index is 9.78. The van der Waals surface area contributed by atoms with Gasteiger partial charge in [-0.2, -0.15) is 0 Å². The van der Waals surface area contributed by atoms with Crippen LogP contribution in [0.25, 0.3) is 0 Å². The van der Waals surface area contributed by atoms with E-state index in [0.717, 1.165) is 12.8 Å². The molecule has 0 aliphatic rings. The Kier molecular flexibility index (Phi) is 11.8. The molecule has 2 unspecified atom stereocenters. The van der Waals surface area contributed by atoms with Gasteiger partial charge in [0.25, 0.3) is 0 Å². The number of hydrogen-bond acceptors (Lipinski definition) is 3. The lowest BCUT2D eigenvalue weighted by Crippen LogP contribution is -2.24. The molecule has 17 heavy (non-hydrogen) atoms. The Balaban J connectivity index is 3.39. The van der Waals surface area contributed by atoms with Crippen molar-refractivity contribution < 1.29 is 5.11 Å². The highest BCUT2D eigenvalue weighted by Crippen LogP contribution is 2.11. The highest BCUT2D eigenvalue weighted by Gasteiger charge is 2.07. The maximum Gasteiger partial charge on any atom is 0.0558 e. The molecule has 102 valence electrons. The monoisotopic (exact) mass is 242 g/mol. The summed E-state index contributed by atoms with van der Waals surface area (Å²) in [7, 11) is 0. The second kappa shape index (κ2) is 12.1. The predicted molar refractivity (Wildman–Crippen MR) is 74.8 cm³/mol. The van der Waals surface area contributed by atoms with Gasteiger partial charge in [0, 0.05) is 12.6 Å². The molecule has 3 nitrogen and oxygen atoms in total. The molecular formula is C14H30N2O. The molecule has 0 aromatic heterocycles. The minimum absolute atomic E-state index is 0.0614. The number of rotatable bonds is 11. The lowest BCUT2D eigenvalue weighted by atomic mass is 10.0. The first-order chi connectivity index (χ1) is 8.20. The van der Waals surface area contributed by atoms with Crippen molar-refractivity contribution in [1.82, 2.24) is 0 Å². The minimum Gasteiger partial charge on any atom is -0.393 e. The summed E-state index contributed by atoms with van der Waals surface area (Å²) in [4.78, 5) is 0. The third-order valence-corrected chi connectivity index (χ3v) is 2.95. The van der Waals surface area contributed by atoms with Crippen LogP contribution >= 0.6 is 0 Å². The zero-order valence-corrected chi connectivity index (χ0v) is 11.3. The van der Waals surface area contributed by atoms with Crippen LogP contribution in [0.3, 0.4) is 0 Å². The van der Waals surface area contributed by atoms with E-state index in [-0.39, 0.29) is 12.1 Å². The Labute approximate surface area is 106 Å². The number of aliphatic hydroxyl groups excluding tert-OH is 1. The molecule has 0 amide bonds. The quantitative estimate of drug-likeness (QED) is 0.384. The third-order valence-electron chi connectivity index (χ3n) is 2.95. The molecule has 0 bridgehead atoms. The van der Waals surface area contributed by atoms with Crippen LogP contribution in [0.2, 0.25) is 0 Å². The molecule has 0 spiro atoms. The molecule has 3 heteroatoms. The number of hydrogen-bond donors (Lipinski definition) is 3. The van der Waals surface area contributed by atoms with Gasteiger partial charge in [0.05, 0.1) is 6.10 Å². The van der Waals surface area contributed by atoms with Gasteiger partial charge < -0.3 is 16.6 Å². The SMILES string of the molecule is CCCCCCCCC(O)CC(N)/C=C/CN. The highest BCUT2D eigenvalue weighted by atomic mass is 16.3. The Hall–Kier alpha value is -0.380. The van der Waals surface area contributed by atoms with Gasteiger partial charge in [0.15, 0.2) is 0 Å². The van der Waals surface area contributed by atoms with Crippen molar-refractivity contribution in [2.75, 3.05) is 6.54 Å². The first kappa shape index (κ1) is 16.6. The summed E-state index contributed by atoms with van der Waals surface area (Å²) in [6.07, 6.45) is 12.5. The summed E-state index contributed by atoms with van der Waals surface area (Å²) in [6, 6.07) is -0.0614. The lowest BCUT2D eigenvalue weighted by Gasteiger charge is -2.13. The minimum atomic E-state index is -0.265. The van der Waals surface area contributed by atoms with Gasteiger partial charge in [-0.3, -0.25) is 0 Å². The molecular weight excluding hydrogens is 212 g/mol. The Morgan fingerprint density at radius 1 is 1.12 bits per heavy atom. The van der Waals surface area contributed by atoms with Crippen LogP contribution in [0, 0.1) is 0 Å². The lowest BCUT2D eigenvalue weighted by molar-refractivity contribution is 0.147. The van der Waals surface area contributed by atoms with E-state index >= 15 is 0 Å². The van der Waals surface area contributed by atoms with Gasteiger partial charge in [-0.05, 0) is 12.8 Å². The van der Waals surface area contributed by atoms with Crippen molar-refractivity contribution in [3.8, 4) is 0 Å². The van der Waals surface area contributed by atoms with E-state index in [1.54, 1.807) is 0 Å². The Morgan fingerprint density at radius 3 is 2.41 bits per heavy atom. The fourth-order valence-electron chi connectivity index (χ4n) is 1.92. The van der Waals surface area contributed by atoms with Crippen LogP contribution in [0.5, 0.6) is 0 Å². The number of nitrogens with two attached hydrogens (primary N) is 2. The second-order valence-corrected chi connectivity index (χ2v) is 4.77. The van der Waals surface area contributed by atoms with Crippen molar-refractivity contribution in [1.29, 1.82) is 0 Å². The highest BCUT2D eigenvalue weighted by molar-refractivity contribution is 4.92. The molecule has 5 N–H and O–H groups in total. The normalized spacial score (nSPS) is 15.3. The smallest absolute Gasteiger partial charge is 0.0558 e. The standard InChI is InChI=1S/C14H30N2O/c1-2-3-4-5-6-7-10-14(17)12-13(16)9-8-11-15/h8-9,13-14,17H,2-7,10-12,15-16H2,1H3/b9-8+. The maximum absolute atomic E-state index is 9.78. The van der Waals surface area contributed by atoms with Gasteiger partial charge in [0.2, 0.25) is 0 Å². The Morgan fingerprint density at radius 2 is 1.76 bits per heavy atom. The average molecular weight is 242 g/mol. The van der Waals surface area contributed by atoms with E-state index in [4.69, 9.17) is 11.5 Å². The van der Waals surface area contributed by atoms with Gasteiger partial charge in [0.1, 0.15) is 0 Å². The summed E-state index contributed by atoms with van der Waals surface area (Å²) in [5.74, 6) is 0. The van der Waals surface area contributed by atoms with Crippen LogP contribution in [0.1, 0.15) is 58.3 Å². The molecule has 0 heterocycles. The first-order valence-electron chi connectivity index (χ1n) is 7.01. The van der Waals surface area contributed by atoms with E-state index in [0.29, 0.717) is 13.0 Å². The van der Waals surface area contributed by atoms with Gasteiger partial charge in [-0.25, -0.2) is 0 Å². The zero-order valence-electron chi connectivity index (χ0n) is 11.3. The third kappa shape index (κ3) is 11.9. The molecule has 0 aromatic carbocycles. The molecule has 2 atom stereocenters. The fourth-order valence-corrected chi connectivity index (χ4v) is 1.92. The van der Waals surface area contributed by atoms with Crippen LogP contribution in [-0.4, -0.2) is 23.8 Å². The van der Waals surface area contributed by atoms with Crippen LogP contribution < -0.4 is 11.5 Å². The number of aliphatic hydroxyl groups is 1. The number of unbranched alkanes of at least 4 members (excludes halogenated alkanes) is 5. The molecule has 0 rings (SSSR count). The largest absolute Gasteiger partial charge is 0.393 e. The van der Waals surface area contributed by atoms with Gasteiger partial charge in [-0.15, -0.1) is 0 Å². The van der Waals surface area contributed by atoms with Crippen molar-refractivity contribution in [3.05, 3.63) is 12.2 Å². The van der Waals surface area contributed by atoms with E-state index in [1.165, 1.54) is 32.1 Å². The van der Waals surface area contributed by atoms with Crippen LogP contribution in [-0.2, 0) is 0 Å². The predicted octanol–water partition coefficient (Wildman–Crippen LogP) is 2.33. The fraction of sp³-hybridized carbons (Fsp3) is 0.857. The molecule has 0 saturated heterocycles. The molecule has 0 fully saturated rings. The summed E-state index contributed by atoms with van der Waals surface area (Å²) < 4.78 is 0. The summed E-state index contributed by atoms with van der Waals surface area (Å²) >= 11 is 0. The van der Waals surface area contributed by atoms with Gasteiger partial charge in [-0.1, -0.05) is 57.6 Å². The molecule has 0 radical (unpaired) electrons. The summed E-state index contributed by atoms with van der Waals surface area (Å²) in [5.41, 5.74) is 11.2. The van der Waals surface area contributed by atoms with Crippen molar-refractivity contribution in [3.63, 3.8) is 0 Å². The van der Waals surface area contributed by atoms with Crippen molar-refractivity contribution in [2.24, 2.45) is 11.5 Å². The molecule has 0 aliphatic heterocycles. The first-order valence-corrected chi connectivity index (χ1v) is 7.01. The van der Waals surface area contributed by atoms with Gasteiger partial charge >= 0.3 is 0 Å². The summed E-state index contributed by atoms with van der Waals surface area (Å²) in [5, 5.41) is 9.78. The average Bonchev–Trinajstić information content (AvgIpc) is 2.31. The van der Waals surface area contributed by atoms with Crippen LogP contribution in [0.4, 0.5) is 0 Å². The molecule has 0 saturated carbocycles. The van der Waals surface area contributed by atoms with E-state index < -0.39 is 0 Å². The van der Waals surface area contributed by atoms with Crippen LogP contribution in [0.15, 0.2) is 12.2 Å². The Bertz CT molecular complexity index is 183. The molecule has 0 aliphatic carbocycles.